The van der Waals surface area contributed by atoms with Crippen LogP contribution < -0.4 is 0 Å². The fourth-order valence-electron chi connectivity index (χ4n) is 1.34. The van der Waals surface area contributed by atoms with Crippen molar-refractivity contribution in [3.8, 4) is 0 Å². The molecule has 0 aliphatic carbocycles. The number of unbranched alkanes of at least 4 members (excludes halogenated alkanes) is 5. The molecule has 1 heteroatoms. The molecule has 0 saturated heterocycles. The molecule has 0 atom stereocenters. The molecule has 1 nitrogen and oxygen atoms in total. The summed E-state index contributed by atoms with van der Waals surface area (Å²) in [6, 6.07) is 0. The summed E-state index contributed by atoms with van der Waals surface area (Å²) in [4.78, 5) is 4.32. The van der Waals surface area contributed by atoms with Gasteiger partial charge in [0.2, 0.25) is 0 Å². The monoisotopic (exact) mass is 207 g/mol. The van der Waals surface area contributed by atoms with Crippen LogP contribution in [-0.4, -0.2) is 12.8 Å². The summed E-state index contributed by atoms with van der Waals surface area (Å²) in [5.74, 6) is 0. The Morgan fingerprint density at radius 1 is 0.867 bits per heavy atom. The maximum atomic E-state index is 4.32. The number of aliphatic imine (C=N–C) groups is 1. The van der Waals surface area contributed by atoms with Gasteiger partial charge in [-0.2, -0.15) is 0 Å². The van der Waals surface area contributed by atoms with Gasteiger partial charge in [-0.25, -0.2) is 0 Å². The highest BCUT2D eigenvalue weighted by Gasteiger charge is 1.87. The van der Waals surface area contributed by atoms with E-state index in [2.05, 4.69) is 11.9 Å². The van der Waals surface area contributed by atoms with Crippen LogP contribution in [0.3, 0.4) is 0 Å². The molecule has 0 unspecified atom stereocenters. The summed E-state index contributed by atoms with van der Waals surface area (Å²) in [5, 5.41) is 0. The predicted octanol–water partition coefficient (Wildman–Crippen LogP) is 4.55. The number of rotatable bonds is 9. The highest BCUT2D eigenvalue weighted by Crippen LogP contribution is 2.04. The third kappa shape index (κ3) is 13.2. The quantitative estimate of drug-likeness (QED) is 0.299. The molecule has 0 fully saturated rings. The summed E-state index contributed by atoms with van der Waals surface area (Å²) in [7, 11) is 0. The number of allylic oxidation sites excluding steroid dienone is 4. The molecule has 0 aromatic heterocycles. The second-order valence-electron chi connectivity index (χ2n) is 3.73. The zero-order valence-corrected chi connectivity index (χ0v) is 10.3. The maximum Gasteiger partial charge on any atom is 0.0389 e. The first-order valence-corrected chi connectivity index (χ1v) is 6.19. The van der Waals surface area contributed by atoms with Crippen LogP contribution in [0.4, 0.5) is 0 Å². The van der Waals surface area contributed by atoms with Gasteiger partial charge in [0.15, 0.2) is 0 Å². The Balaban J connectivity index is 3.16. The van der Waals surface area contributed by atoms with Crippen molar-refractivity contribution >= 4 is 6.21 Å². The second-order valence-corrected chi connectivity index (χ2v) is 3.73. The maximum absolute atomic E-state index is 4.32. The molecule has 0 rings (SSSR count). The third-order valence-corrected chi connectivity index (χ3v) is 2.25. The minimum absolute atomic E-state index is 0.978. The lowest BCUT2D eigenvalue weighted by molar-refractivity contribution is 0.613. The van der Waals surface area contributed by atoms with Crippen molar-refractivity contribution in [2.24, 2.45) is 4.99 Å². The highest BCUT2D eigenvalue weighted by molar-refractivity contribution is 5.71. The van der Waals surface area contributed by atoms with Crippen molar-refractivity contribution in [1.29, 1.82) is 0 Å². The molecule has 0 spiro atoms. The summed E-state index contributed by atoms with van der Waals surface area (Å²) in [6.07, 6.45) is 17.9. The van der Waals surface area contributed by atoms with Crippen LogP contribution in [0, 0.1) is 0 Å². The summed E-state index contributed by atoms with van der Waals surface area (Å²) in [5.41, 5.74) is 0. The van der Waals surface area contributed by atoms with Crippen LogP contribution in [0.2, 0.25) is 0 Å². The minimum Gasteiger partial charge on any atom is -0.293 e. The summed E-state index contributed by atoms with van der Waals surface area (Å²) < 4.78 is 0. The van der Waals surface area contributed by atoms with Crippen LogP contribution >= 0.6 is 0 Å². The van der Waals surface area contributed by atoms with Crippen LogP contribution in [0.25, 0.3) is 0 Å². The van der Waals surface area contributed by atoms with Gasteiger partial charge in [0.25, 0.3) is 0 Å². The lowest BCUT2D eigenvalue weighted by Gasteiger charge is -1.96. The second kappa shape index (κ2) is 13.2. The molecule has 0 aromatic rings. The lowest BCUT2D eigenvalue weighted by Crippen LogP contribution is -1.83. The molecular weight excluding hydrogens is 182 g/mol. The SMILES string of the molecule is C/C=C\C=C/C=NCCCCCCCC. The minimum atomic E-state index is 0.978. The molecule has 0 aromatic carbocycles. The molecule has 0 N–H and O–H groups in total. The summed E-state index contributed by atoms with van der Waals surface area (Å²) >= 11 is 0. The van der Waals surface area contributed by atoms with E-state index in [9.17, 15) is 0 Å². The smallest absolute Gasteiger partial charge is 0.0389 e. The van der Waals surface area contributed by atoms with Crippen LogP contribution in [0.1, 0.15) is 52.4 Å². The molecule has 0 aliphatic heterocycles. The van der Waals surface area contributed by atoms with Gasteiger partial charge < -0.3 is 0 Å². The number of hydrogen-bond donors (Lipinski definition) is 0. The van der Waals surface area contributed by atoms with Gasteiger partial charge >= 0.3 is 0 Å². The van der Waals surface area contributed by atoms with Gasteiger partial charge in [-0.05, 0) is 19.4 Å². The molecule has 86 valence electrons. The first-order valence-electron chi connectivity index (χ1n) is 6.19. The Kier molecular flexibility index (Phi) is 12.4. The van der Waals surface area contributed by atoms with Gasteiger partial charge in [0, 0.05) is 12.8 Å². The van der Waals surface area contributed by atoms with Gasteiger partial charge in [-0.3, -0.25) is 4.99 Å². The van der Waals surface area contributed by atoms with Gasteiger partial charge in [0.1, 0.15) is 0 Å². The van der Waals surface area contributed by atoms with E-state index in [-0.39, 0.29) is 0 Å². The van der Waals surface area contributed by atoms with Crippen molar-refractivity contribution in [2.45, 2.75) is 52.4 Å². The molecule has 0 amide bonds. The van der Waals surface area contributed by atoms with Crippen LogP contribution in [0.5, 0.6) is 0 Å². The molecule has 15 heavy (non-hydrogen) atoms. The molecular formula is C14H25N. The average Bonchev–Trinajstić information content (AvgIpc) is 2.26. The van der Waals surface area contributed by atoms with E-state index in [1.165, 1.54) is 38.5 Å². The Bertz CT molecular complexity index is 190. The van der Waals surface area contributed by atoms with E-state index in [0.717, 1.165) is 6.54 Å². The van der Waals surface area contributed by atoms with E-state index in [4.69, 9.17) is 0 Å². The van der Waals surface area contributed by atoms with Gasteiger partial charge in [-0.15, -0.1) is 0 Å². The van der Waals surface area contributed by atoms with Crippen molar-refractivity contribution in [1.82, 2.24) is 0 Å². The Hall–Kier alpha value is -0.850. The van der Waals surface area contributed by atoms with Gasteiger partial charge in [0.05, 0.1) is 0 Å². The zero-order valence-electron chi connectivity index (χ0n) is 10.3. The first kappa shape index (κ1) is 14.2. The number of nitrogens with zero attached hydrogens (tertiary/aromatic N) is 1. The largest absolute Gasteiger partial charge is 0.293 e. The number of hydrogen-bond acceptors (Lipinski definition) is 1. The Morgan fingerprint density at radius 3 is 2.33 bits per heavy atom. The van der Waals surface area contributed by atoms with E-state index in [0.29, 0.717) is 0 Å². The fraction of sp³-hybridized carbons (Fsp3) is 0.643. The molecule has 0 aliphatic rings. The van der Waals surface area contributed by atoms with E-state index < -0.39 is 0 Å². The average molecular weight is 207 g/mol. The van der Waals surface area contributed by atoms with Gasteiger partial charge in [-0.1, -0.05) is 57.3 Å². The Morgan fingerprint density at radius 2 is 1.60 bits per heavy atom. The van der Waals surface area contributed by atoms with E-state index in [1.807, 2.05) is 37.4 Å². The predicted molar refractivity (Wildman–Crippen MR) is 70.7 cm³/mol. The summed E-state index contributed by atoms with van der Waals surface area (Å²) in [6.45, 7) is 5.24. The highest BCUT2D eigenvalue weighted by atomic mass is 14.7. The van der Waals surface area contributed by atoms with Crippen molar-refractivity contribution in [2.75, 3.05) is 6.54 Å². The van der Waals surface area contributed by atoms with Crippen molar-refractivity contribution < 1.29 is 0 Å². The van der Waals surface area contributed by atoms with Crippen LogP contribution in [-0.2, 0) is 0 Å². The van der Waals surface area contributed by atoms with Crippen molar-refractivity contribution in [3.63, 3.8) is 0 Å². The molecule has 0 saturated carbocycles. The van der Waals surface area contributed by atoms with E-state index in [1.54, 1.807) is 0 Å². The van der Waals surface area contributed by atoms with Crippen LogP contribution in [0.15, 0.2) is 29.3 Å². The zero-order chi connectivity index (χ0) is 11.2. The topological polar surface area (TPSA) is 12.4 Å². The molecule has 0 radical (unpaired) electrons. The Labute approximate surface area is 95.0 Å². The normalized spacial score (nSPS) is 12.4. The molecule has 0 bridgehead atoms. The standard InChI is InChI=1S/C14H25N/c1-3-5-7-9-10-12-14-15-13-11-8-6-4-2/h4,6,8,11,13H,3,5,7,9-10,12,14H2,1-2H3/b6-4-,11-8-,15-13?. The fourth-order valence-corrected chi connectivity index (χ4v) is 1.34. The first-order chi connectivity index (χ1) is 7.41. The van der Waals surface area contributed by atoms with E-state index >= 15 is 0 Å². The lowest BCUT2D eigenvalue weighted by atomic mass is 10.1. The van der Waals surface area contributed by atoms with Crippen molar-refractivity contribution in [3.05, 3.63) is 24.3 Å². The third-order valence-electron chi connectivity index (χ3n) is 2.25. The molecule has 0 heterocycles.